The molecule has 1 rings (SSSR count). The lowest BCUT2D eigenvalue weighted by molar-refractivity contribution is 0.245. The molecule has 0 saturated heterocycles. The Morgan fingerprint density at radius 3 is 2.25 bits per heavy atom. The van der Waals surface area contributed by atoms with Gasteiger partial charge in [0, 0.05) is 18.2 Å². The molecule has 0 atom stereocenters. The summed E-state index contributed by atoms with van der Waals surface area (Å²) in [7, 11) is 0. The summed E-state index contributed by atoms with van der Waals surface area (Å²) in [6.45, 7) is 14.4. The summed E-state index contributed by atoms with van der Waals surface area (Å²) >= 11 is 0. The van der Waals surface area contributed by atoms with Gasteiger partial charge in [-0.2, -0.15) is 0 Å². The smallest absolute Gasteiger partial charge is 0.0883 e. The van der Waals surface area contributed by atoms with Gasteiger partial charge in [0.25, 0.3) is 0 Å². The van der Waals surface area contributed by atoms with Gasteiger partial charge in [0.2, 0.25) is 0 Å². The van der Waals surface area contributed by atoms with Crippen molar-refractivity contribution in [3.63, 3.8) is 0 Å². The first-order valence-electron chi connectivity index (χ1n) is 6.21. The fourth-order valence-corrected chi connectivity index (χ4v) is 2.17. The topological polar surface area (TPSA) is 30.7 Å². The molecule has 0 fully saturated rings. The molecule has 0 radical (unpaired) electrons. The van der Waals surface area contributed by atoms with Crippen LogP contribution in [0.2, 0.25) is 0 Å². The molecule has 0 saturated carbocycles. The Hall–Kier alpha value is -0.860. The fourth-order valence-electron chi connectivity index (χ4n) is 2.17. The molecular formula is C13H25N3. The van der Waals surface area contributed by atoms with Crippen LogP contribution in [0, 0.1) is 5.41 Å². The van der Waals surface area contributed by atoms with Crippen molar-refractivity contribution in [1.29, 1.82) is 0 Å². The van der Waals surface area contributed by atoms with E-state index < -0.39 is 0 Å². The van der Waals surface area contributed by atoms with Crippen LogP contribution in [0.25, 0.3) is 0 Å². The molecule has 16 heavy (non-hydrogen) atoms. The highest BCUT2D eigenvalue weighted by Gasteiger charge is 2.31. The average molecular weight is 223 g/mol. The zero-order valence-electron chi connectivity index (χ0n) is 11.5. The van der Waals surface area contributed by atoms with Crippen molar-refractivity contribution in [2.75, 3.05) is 0 Å². The van der Waals surface area contributed by atoms with Gasteiger partial charge >= 0.3 is 0 Å². The van der Waals surface area contributed by atoms with Gasteiger partial charge in [0.15, 0.2) is 0 Å². The zero-order valence-corrected chi connectivity index (χ0v) is 11.5. The van der Waals surface area contributed by atoms with E-state index >= 15 is 0 Å². The Balaban J connectivity index is 2.84. The molecule has 1 aromatic rings. The third kappa shape index (κ3) is 3.06. The van der Waals surface area contributed by atoms with E-state index in [1.165, 1.54) is 6.42 Å². The summed E-state index contributed by atoms with van der Waals surface area (Å²) in [5, 5.41) is 8.41. The first kappa shape index (κ1) is 13.2. The van der Waals surface area contributed by atoms with Crippen molar-refractivity contribution >= 4 is 0 Å². The molecule has 3 nitrogen and oxygen atoms in total. The zero-order chi connectivity index (χ0) is 12.4. The predicted octanol–water partition coefficient (Wildman–Crippen LogP) is 3.40. The normalized spacial score (nSPS) is 13.1. The monoisotopic (exact) mass is 223 g/mol. The van der Waals surface area contributed by atoms with E-state index in [1.807, 2.05) is 4.68 Å². The van der Waals surface area contributed by atoms with E-state index in [0.29, 0.717) is 5.41 Å². The SMILES string of the molecule is CCn1cc(C(C)(C)CC(C)(C)CC)nn1. The maximum Gasteiger partial charge on any atom is 0.0883 e. The molecule has 0 spiro atoms. The maximum absolute atomic E-state index is 4.29. The molecular weight excluding hydrogens is 198 g/mol. The molecule has 0 bridgehead atoms. The number of aryl methyl sites for hydroxylation is 1. The summed E-state index contributed by atoms with van der Waals surface area (Å²) in [5.41, 5.74) is 1.57. The number of hydrogen-bond donors (Lipinski definition) is 0. The highest BCUT2D eigenvalue weighted by molar-refractivity contribution is 5.09. The van der Waals surface area contributed by atoms with Gasteiger partial charge in [-0.3, -0.25) is 4.68 Å². The minimum Gasteiger partial charge on any atom is -0.253 e. The van der Waals surface area contributed by atoms with Crippen LogP contribution >= 0.6 is 0 Å². The van der Waals surface area contributed by atoms with Gasteiger partial charge in [0.05, 0.1) is 5.69 Å². The lowest BCUT2D eigenvalue weighted by Gasteiger charge is -2.32. The van der Waals surface area contributed by atoms with E-state index in [4.69, 9.17) is 0 Å². The van der Waals surface area contributed by atoms with Crippen LogP contribution in [-0.4, -0.2) is 15.0 Å². The van der Waals surface area contributed by atoms with Crippen molar-refractivity contribution in [2.24, 2.45) is 5.41 Å². The van der Waals surface area contributed by atoms with E-state index in [-0.39, 0.29) is 5.41 Å². The van der Waals surface area contributed by atoms with E-state index in [1.54, 1.807) is 0 Å². The maximum atomic E-state index is 4.29. The van der Waals surface area contributed by atoms with E-state index in [9.17, 15) is 0 Å². The van der Waals surface area contributed by atoms with Crippen LogP contribution in [0.4, 0.5) is 0 Å². The molecule has 1 heterocycles. The van der Waals surface area contributed by atoms with Gasteiger partial charge in [-0.1, -0.05) is 46.3 Å². The van der Waals surface area contributed by atoms with Gasteiger partial charge in [0.1, 0.15) is 0 Å². The summed E-state index contributed by atoms with van der Waals surface area (Å²) in [6, 6.07) is 0. The van der Waals surface area contributed by atoms with Crippen LogP contribution in [0.3, 0.4) is 0 Å². The van der Waals surface area contributed by atoms with Crippen LogP contribution in [0.5, 0.6) is 0 Å². The lowest BCUT2D eigenvalue weighted by atomic mass is 9.72. The molecule has 0 aliphatic carbocycles. The summed E-state index contributed by atoms with van der Waals surface area (Å²) in [4.78, 5) is 0. The molecule has 0 unspecified atom stereocenters. The largest absolute Gasteiger partial charge is 0.253 e. The third-order valence-electron chi connectivity index (χ3n) is 3.43. The Morgan fingerprint density at radius 2 is 1.81 bits per heavy atom. The molecule has 1 aromatic heterocycles. The molecule has 0 aliphatic heterocycles. The Labute approximate surface area is 99.2 Å². The Morgan fingerprint density at radius 1 is 1.19 bits per heavy atom. The molecule has 0 N–H and O–H groups in total. The second kappa shape index (κ2) is 4.56. The van der Waals surface area contributed by atoms with Gasteiger partial charge < -0.3 is 0 Å². The average Bonchev–Trinajstić information content (AvgIpc) is 2.65. The van der Waals surface area contributed by atoms with Crippen LogP contribution in [0.15, 0.2) is 6.20 Å². The van der Waals surface area contributed by atoms with Crippen molar-refractivity contribution in [3.05, 3.63) is 11.9 Å². The number of nitrogens with zero attached hydrogens (tertiary/aromatic N) is 3. The Bertz CT molecular complexity index is 337. The second-order valence-electron chi connectivity index (χ2n) is 6.04. The predicted molar refractivity (Wildman–Crippen MR) is 67.4 cm³/mol. The first-order valence-corrected chi connectivity index (χ1v) is 6.21. The molecule has 0 aliphatic rings. The van der Waals surface area contributed by atoms with Crippen molar-refractivity contribution in [1.82, 2.24) is 15.0 Å². The summed E-state index contributed by atoms with van der Waals surface area (Å²) in [5.74, 6) is 0. The van der Waals surface area contributed by atoms with E-state index in [0.717, 1.165) is 18.7 Å². The molecule has 0 amide bonds. The lowest BCUT2D eigenvalue weighted by Crippen LogP contribution is -2.26. The molecule has 92 valence electrons. The van der Waals surface area contributed by atoms with Crippen molar-refractivity contribution in [2.45, 2.75) is 66.3 Å². The standard InChI is InChI=1S/C13H25N3/c1-7-12(3,4)10-13(5,6)11-9-16(8-2)15-14-11/h9H,7-8,10H2,1-6H3. The summed E-state index contributed by atoms with van der Waals surface area (Å²) in [6.07, 6.45) is 4.41. The quantitative estimate of drug-likeness (QED) is 0.766. The van der Waals surface area contributed by atoms with Crippen molar-refractivity contribution in [3.8, 4) is 0 Å². The highest BCUT2D eigenvalue weighted by Crippen LogP contribution is 2.37. The number of aromatic nitrogens is 3. The molecule has 3 heteroatoms. The third-order valence-corrected chi connectivity index (χ3v) is 3.43. The van der Waals surface area contributed by atoms with Crippen molar-refractivity contribution < 1.29 is 0 Å². The second-order valence-corrected chi connectivity index (χ2v) is 6.04. The Kier molecular flexibility index (Phi) is 3.76. The van der Waals surface area contributed by atoms with E-state index in [2.05, 4.69) is 58.1 Å². The first-order chi connectivity index (χ1) is 7.30. The fraction of sp³-hybridized carbons (Fsp3) is 0.846. The van der Waals surface area contributed by atoms with Gasteiger partial charge in [-0.25, -0.2) is 0 Å². The highest BCUT2D eigenvalue weighted by atomic mass is 15.4. The van der Waals surface area contributed by atoms with Gasteiger partial charge in [-0.05, 0) is 18.8 Å². The van der Waals surface area contributed by atoms with Crippen LogP contribution in [-0.2, 0) is 12.0 Å². The minimum absolute atomic E-state index is 0.104. The van der Waals surface area contributed by atoms with Crippen LogP contribution in [0.1, 0.15) is 60.1 Å². The summed E-state index contributed by atoms with van der Waals surface area (Å²) < 4.78 is 1.90. The number of hydrogen-bond acceptors (Lipinski definition) is 2. The number of rotatable bonds is 5. The van der Waals surface area contributed by atoms with Gasteiger partial charge in [-0.15, -0.1) is 5.10 Å². The molecule has 0 aromatic carbocycles. The minimum atomic E-state index is 0.104. The van der Waals surface area contributed by atoms with Crippen LogP contribution < -0.4 is 0 Å².